The molecule has 1 N–H and O–H groups in total. The van der Waals surface area contributed by atoms with E-state index in [1.807, 2.05) is 4.57 Å². The topological polar surface area (TPSA) is 59.8 Å². The Kier molecular flexibility index (Phi) is 3.44. The standard InChI is InChI=1S/C11H11FN4O/c12-10-3-1-2-9(15-10)11(17)14-5-7-16-6-4-13-8-16/h1-4,6,8H,5,7H2,(H,14,17). The second-order valence-corrected chi connectivity index (χ2v) is 3.40. The lowest BCUT2D eigenvalue weighted by Crippen LogP contribution is -2.27. The van der Waals surface area contributed by atoms with Crippen molar-refractivity contribution < 1.29 is 9.18 Å². The van der Waals surface area contributed by atoms with E-state index >= 15 is 0 Å². The Morgan fingerprint density at radius 1 is 1.47 bits per heavy atom. The van der Waals surface area contributed by atoms with Crippen molar-refractivity contribution in [1.29, 1.82) is 0 Å². The summed E-state index contributed by atoms with van der Waals surface area (Å²) in [4.78, 5) is 18.9. The molecule has 2 aromatic rings. The summed E-state index contributed by atoms with van der Waals surface area (Å²) in [6.45, 7) is 1.05. The highest BCUT2D eigenvalue weighted by molar-refractivity contribution is 5.92. The largest absolute Gasteiger partial charge is 0.349 e. The zero-order chi connectivity index (χ0) is 12.1. The van der Waals surface area contributed by atoms with E-state index in [9.17, 15) is 9.18 Å². The Labute approximate surface area is 97.3 Å². The van der Waals surface area contributed by atoms with Gasteiger partial charge >= 0.3 is 0 Å². The maximum atomic E-state index is 12.8. The first-order valence-electron chi connectivity index (χ1n) is 5.12. The number of carbonyl (C=O) groups is 1. The van der Waals surface area contributed by atoms with Gasteiger partial charge in [0.1, 0.15) is 5.69 Å². The monoisotopic (exact) mass is 234 g/mol. The fourth-order valence-corrected chi connectivity index (χ4v) is 1.34. The van der Waals surface area contributed by atoms with Crippen molar-refractivity contribution in [3.05, 3.63) is 48.6 Å². The molecule has 0 aliphatic rings. The lowest BCUT2D eigenvalue weighted by Gasteiger charge is -2.05. The predicted octanol–water partition coefficient (Wildman–Crippen LogP) is 0.847. The van der Waals surface area contributed by atoms with Crippen LogP contribution in [0.3, 0.4) is 0 Å². The molecule has 2 rings (SSSR count). The van der Waals surface area contributed by atoms with E-state index < -0.39 is 5.95 Å². The Morgan fingerprint density at radius 3 is 3.06 bits per heavy atom. The summed E-state index contributed by atoms with van der Waals surface area (Å²) >= 11 is 0. The third-order valence-electron chi connectivity index (χ3n) is 2.16. The highest BCUT2D eigenvalue weighted by atomic mass is 19.1. The van der Waals surface area contributed by atoms with E-state index in [2.05, 4.69) is 15.3 Å². The van der Waals surface area contributed by atoms with Gasteiger partial charge in [-0.2, -0.15) is 4.39 Å². The van der Waals surface area contributed by atoms with E-state index in [0.717, 1.165) is 0 Å². The van der Waals surface area contributed by atoms with Crippen LogP contribution in [0.2, 0.25) is 0 Å². The van der Waals surface area contributed by atoms with E-state index in [0.29, 0.717) is 13.1 Å². The molecule has 0 radical (unpaired) electrons. The molecule has 0 atom stereocenters. The number of imidazole rings is 1. The smallest absolute Gasteiger partial charge is 0.270 e. The Balaban J connectivity index is 1.85. The lowest BCUT2D eigenvalue weighted by atomic mass is 10.3. The molecule has 0 bridgehead atoms. The van der Waals surface area contributed by atoms with Crippen LogP contribution in [0.1, 0.15) is 10.5 Å². The van der Waals surface area contributed by atoms with Crippen molar-refractivity contribution in [3.63, 3.8) is 0 Å². The van der Waals surface area contributed by atoms with Crippen molar-refractivity contribution in [2.45, 2.75) is 6.54 Å². The molecule has 6 heteroatoms. The van der Waals surface area contributed by atoms with Gasteiger partial charge in [0.15, 0.2) is 0 Å². The molecule has 0 spiro atoms. The molecular weight excluding hydrogens is 223 g/mol. The van der Waals surface area contributed by atoms with Gasteiger partial charge < -0.3 is 9.88 Å². The number of rotatable bonds is 4. The van der Waals surface area contributed by atoms with Gasteiger partial charge in [0, 0.05) is 25.5 Å². The molecule has 88 valence electrons. The Morgan fingerprint density at radius 2 is 2.35 bits per heavy atom. The van der Waals surface area contributed by atoms with E-state index in [1.54, 1.807) is 18.7 Å². The van der Waals surface area contributed by atoms with Crippen LogP contribution < -0.4 is 5.32 Å². The van der Waals surface area contributed by atoms with Crippen LogP contribution in [0.25, 0.3) is 0 Å². The molecule has 17 heavy (non-hydrogen) atoms. The number of hydrogen-bond donors (Lipinski definition) is 1. The van der Waals surface area contributed by atoms with Gasteiger partial charge in [-0.1, -0.05) is 6.07 Å². The number of pyridine rings is 1. The summed E-state index contributed by atoms with van der Waals surface area (Å²) in [5, 5.41) is 2.65. The van der Waals surface area contributed by atoms with Crippen molar-refractivity contribution in [2.24, 2.45) is 0 Å². The molecule has 0 saturated carbocycles. The molecule has 0 fully saturated rings. The maximum absolute atomic E-state index is 12.8. The van der Waals surface area contributed by atoms with Crippen LogP contribution in [0.5, 0.6) is 0 Å². The second kappa shape index (κ2) is 5.20. The van der Waals surface area contributed by atoms with Gasteiger partial charge in [-0.15, -0.1) is 0 Å². The quantitative estimate of drug-likeness (QED) is 0.798. The first-order chi connectivity index (χ1) is 8.25. The van der Waals surface area contributed by atoms with Crippen molar-refractivity contribution in [3.8, 4) is 0 Å². The minimum Gasteiger partial charge on any atom is -0.349 e. The summed E-state index contributed by atoms with van der Waals surface area (Å²) in [7, 11) is 0. The van der Waals surface area contributed by atoms with Gasteiger partial charge in [0.25, 0.3) is 5.91 Å². The molecule has 2 heterocycles. The fraction of sp³-hybridized carbons (Fsp3) is 0.182. The van der Waals surface area contributed by atoms with E-state index in [1.165, 1.54) is 18.2 Å². The minimum absolute atomic E-state index is 0.0793. The van der Waals surface area contributed by atoms with Crippen LogP contribution in [-0.2, 0) is 6.54 Å². The second-order valence-electron chi connectivity index (χ2n) is 3.40. The average molecular weight is 234 g/mol. The molecule has 0 aromatic carbocycles. The molecule has 0 saturated heterocycles. The Hall–Kier alpha value is -2.24. The number of nitrogens with zero attached hydrogens (tertiary/aromatic N) is 3. The summed E-state index contributed by atoms with van der Waals surface area (Å²) in [5.41, 5.74) is 0.0793. The molecular formula is C11H11FN4O. The Bertz CT molecular complexity index is 498. The third-order valence-corrected chi connectivity index (χ3v) is 2.16. The average Bonchev–Trinajstić information content (AvgIpc) is 2.82. The molecule has 0 aliphatic heterocycles. The summed E-state index contributed by atoms with van der Waals surface area (Å²) in [5.74, 6) is -1.04. The van der Waals surface area contributed by atoms with E-state index in [4.69, 9.17) is 0 Å². The van der Waals surface area contributed by atoms with Crippen molar-refractivity contribution in [2.75, 3.05) is 6.54 Å². The number of hydrogen-bond acceptors (Lipinski definition) is 3. The molecule has 0 unspecified atom stereocenters. The van der Waals surface area contributed by atoms with Gasteiger partial charge in [-0.05, 0) is 12.1 Å². The van der Waals surface area contributed by atoms with Crippen LogP contribution in [-0.4, -0.2) is 27.0 Å². The molecule has 0 aliphatic carbocycles. The van der Waals surface area contributed by atoms with Gasteiger partial charge in [0.2, 0.25) is 5.95 Å². The van der Waals surface area contributed by atoms with Crippen LogP contribution in [0.15, 0.2) is 36.9 Å². The molecule has 1 amide bonds. The van der Waals surface area contributed by atoms with Gasteiger partial charge in [0.05, 0.1) is 6.33 Å². The van der Waals surface area contributed by atoms with Crippen LogP contribution in [0, 0.1) is 5.95 Å². The first-order valence-corrected chi connectivity index (χ1v) is 5.12. The number of carbonyl (C=O) groups excluding carboxylic acids is 1. The summed E-state index contributed by atoms with van der Waals surface area (Å²) in [6, 6.07) is 4.12. The maximum Gasteiger partial charge on any atom is 0.270 e. The number of amides is 1. The lowest BCUT2D eigenvalue weighted by molar-refractivity contribution is 0.0946. The highest BCUT2D eigenvalue weighted by Crippen LogP contribution is 1.97. The zero-order valence-electron chi connectivity index (χ0n) is 9.01. The SMILES string of the molecule is O=C(NCCn1ccnc1)c1cccc(F)n1. The fourth-order valence-electron chi connectivity index (χ4n) is 1.34. The zero-order valence-corrected chi connectivity index (χ0v) is 9.01. The summed E-state index contributed by atoms with van der Waals surface area (Å²) < 4.78 is 14.6. The predicted molar refractivity (Wildman–Crippen MR) is 58.8 cm³/mol. The third kappa shape index (κ3) is 3.10. The van der Waals surface area contributed by atoms with Crippen LogP contribution >= 0.6 is 0 Å². The molecule has 2 aromatic heterocycles. The minimum atomic E-state index is -0.660. The van der Waals surface area contributed by atoms with E-state index in [-0.39, 0.29) is 11.6 Å². The number of halogens is 1. The molecule has 5 nitrogen and oxygen atoms in total. The van der Waals surface area contributed by atoms with Crippen molar-refractivity contribution >= 4 is 5.91 Å². The normalized spacial score (nSPS) is 10.2. The first kappa shape index (κ1) is 11.3. The van der Waals surface area contributed by atoms with Gasteiger partial charge in [-0.25, -0.2) is 9.97 Å². The number of nitrogens with one attached hydrogen (secondary N) is 1. The highest BCUT2D eigenvalue weighted by Gasteiger charge is 2.06. The van der Waals surface area contributed by atoms with Crippen molar-refractivity contribution in [1.82, 2.24) is 19.9 Å². The summed E-state index contributed by atoms with van der Waals surface area (Å²) in [6.07, 6.45) is 5.12. The number of aromatic nitrogens is 3. The van der Waals surface area contributed by atoms with Crippen LogP contribution in [0.4, 0.5) is 4.39 Å². The van der Waals surface area contributed by atoms with Gasteiger partial charge in [-0.3, -0.25) is 4.79 Å².